The molecule has 8 aromatic carbocycles. The molecule has 1 aliphatic carbocycles. The molecule has 10 rings (SSSR count). The number of furan rings is 1. The highest BCUT2D eigenvalue weighted by molar-refractivity contribution is 6.22. The van der Waals surface area contributed by atoms with E-state index >= 15 is 0 Å². The van der Waals surface area contributed by atoms with Crippen LogP contribution in [-0.4, -0.2) is 0 Å². The van der Waals surface area contributed by atoms with Crippen molar-refractivity contribution in [3.63, 3.8) is 0 Å². The van der Waals surface area contributed by atoms with Crippen LogP contribution in [0.3, 0.4) is 0 Å². The van der Waals surface area contributed by atoms with Gasteiger partial charge in [-0.2, -0.15) is 0 Å². The van der Waals surface area contributed by atoms with Crippen LogP contribution >= 0.6 is 0 Å². The van der Waals surface area contributed by atoms with Gasteiger partial charge in [0, 0.05) is 16.2 Å². The molecule has 0 unspecified atom stereocenters. The van der Waals surface area contributed by atoms with Crippen LogP contribution in [0.5, 0.6) is 0 Å². The highest BCUT2D eigenvalue weighted by atomic mass is 16.3. The number of rotatable bonds is 3. The highest BCUT2D eigenvalue weighted by Gasteiger charge is 2.37. The van der Waals surface area contributed by atoms with Gasteiger partial charge in [0.05, 0.1) is 35.6 Å². The Morgan fingerprint density at radius 3 is 1.65 bits per heavy atom. The summed E-state index contributed by atoms with van der Waals surface area (Å²) in [6.45, 7) is 3.03. The van der Waals surface area contributed by atoms with Gasteiger partial charge in [0.25, 0.3) is 0 Å². The Morgan fingerprint density at radius 1 is 0.396 bits per heavy atom. The monoisotopic (exact) mass is 638 g/mol. The van der Waals surface area contributed by atoms with Gasteiger partial charge in [-0.05, 0) is 95.3 Å². The van der Waals surface area contributed by atoms with E-state index in [4.69, 9.17) is 23.6 Å². The van der Waals surface area contributed by atoms with Crippen molar-refractivity contribution in [1.29, 1.82) is 0 Å². The first-order valence-corrected chi connectivity index (χ1v) is 14.7. The molecule has 0 aliphatic heterocycles. The first kappa shape index (κ1) is 12.0. The molecule has 1 heterocycles. The quantitative estimate of drug-likeness (QED) is 0.176. The number of hydrogen-bond acceptors (Lipinski definition) is 1. The average Bonchev–Trinajstić information content (AvgIpc) is 3.88. The maximum atomic E-state index is 9.62. The lowest BCUT2D eigenvalue weighted by Crippen LogP contribution is -2.14. The molecular formula is C47H32O. The summed E-state index contributed by atoms with van der Waals surface area (Å²) in [6, 6.07) is -21.8. The Labute approximate surface area is 316 Å². The zero-order valence-corrected chi connectivity index (χ0v) is 24.9. The van der Waals surface area contributed by atoms with Crippen molar-refractivity contribution >= 4 is 43.5 Å². The van der Waals surface area contributed by atoms with Crippen molar-refractivity contribution in [1.82, 2.24) is 0 Å². The van der Waals surface area contributed by atoms with Gasteiger partial charge >= 0.3 is 0 Å². The van der Waals surface area contributed by atoms with Gasteiger partial charge < -0.3 is 4.42 Å². The lowest BCUT2D eigenvalue weighted by molar-refractivity contribution is 0.660. The molecule has 0 atom stereocenters. The third-order valence-electron chi connectivity index (χ3n) is 8.70. The van der Waals surface area contributed by atoms with Crippen LogP contribution in [0.15, 0.2) is 162 Å². The smallest absolute Gasteiger partial charge is 0.135 e. The molecule has 1 aromatic heterocycles. The summed E-state index contributed by atoms with van der Waals surface area (Å²) in [5.41, 5.74) is -7.33. The maximum absolute atomic E-state index is 9.62. The topological polar surface area (TPSA) is 13.1 Å². The minimum atomic E-state index is -1.53. The number of benzene rings is 8. The minimum absolute atomic E-state index is 0.0650. The van der Waals surface area contributed by atoms with Gasteiger partial charge in [0.2, 0.25) is 0 Å². The van der Waals surface area contributed by atoms with Crippen molar-refractivity contribution in [3.8, 4) is 44.5 Å². The van der Waals surface area contributed by atoms with Gasteiger partial charge in [-0.25, -0.2) is 0 Å². The SMILES string of the molecule is [2H]c1c([2H])c([2H])c2c(c1[2H])-c1c(-c3c4c([2H])c([2H])c([2H])c([2H])c4c(-c4c([2H])c([2H])c(-c5c([2H])c([2H])c6oc7c([2H])c([2H])c([2H])c([2H])c7c6c5[2H])c([2H])c4[2H])c4c([2H])c([2H])c([2H])c([2H])c34)c([2H])c([2H])c([2H])c1C2(C)C. The summed E-state index contributed by atoms with van der Waals surface area (Å²) in [5.74, 6) is 0. The van der Waals surface area contributed by atoms with Gasteiger partial charge in [-0.1, -0.05) is 153 Å². The summed E-state index contributed by atoms with van der Waals surface area (Å²) < 4.78 is 242. The van der Waals surface area contributed by atoms with Crippen molar-refractivity contribution < 1.29 is 40.1 Å². The lowest BCUT2D eigenvalue weighted by Gasteiger charge is -2.22. The fourth-order valence-electron chi connectivity index (χ4n) is 6.52. The van der Waals surface area contributed by atoms with E-state index in [-0.39, 0.29) is 27.6 Å². The van der Waals surface area contributed by atoms with Crippen LogP contribution in [0.4, 0.5) is 0 Å². The zero-order chi connectivity index (χ0) is 54.6. The van der Waals surface area contributed by atoms with Gasteiger partial charge in [0.1, 0.15) is 11.2 Å². The standard InChI is InChI=1S/C47H32O/c1-47(2)40-19-9-7-17-37(40)46-38(18-11-20-41(46)47)45-35-15-5-3-13-33(35)44(34-14-4-6-16-36(34)45)30-24-22-29(23-25-30)31-26-27-43-39(28-31)32-12-8-10-21-42(32)48-43/h3-28H,1-2H3/i3D,4D,5D,6D,7D,8D,9D,10D,11D,12D,13D,14D,15D,16D,17D,18D,19D,20D,21D,22D,23D,24D,25D,26D,27D,28D. The predicted octanol–water partition coefficient (Wildman–Crippen LogP) is 13.2. The van der Waals surface area contributed by atoms with Crippen LogP contribution in [0.25, 0.3) is 88.0 Å². The van der Waals surface area contributed by atoms with Crippen LogP contribution < -0.4 is 0 Å². The van der Waals surface area contributed by atoms with Crippen LogP contribution in [0.2, 0.25) is 0 Å². The Bertz CT molecular complexity index is 4120. The summed E-state index contributed by atoms with van der Waals surface area (Å²) in [6.07, 6.45) is 0. The first-order valence-electron chi connectivity index (χ1n) is 27.7. The largest absolute Gasteiger partial charge is 0.456 e. The van der Waals surface area contributed by atoms with E-state index < -0.39 is 234 Å². The zero-order valence-electron chi connectivity index (χ0n) is 50.9. The molecule has 0 amide bonds. The lowest BCUT2D eigenvalue weighted by atomic mass is 9.80. The van der Waals surface area contributed by atoms with E-state index in [1.807, 2.05) is 0 Å². The Hall–Kier alpha value is -5.92. The molecule has 0 bridgehead atoms. The van der Waals surface area contributed by atoms with Crippen LogP contribution in [0.1, 0.15) is 60.6 Å². The van der Waals surface area contributed by atoms with E-state index in [2.05, 4.69) is 0 Å². The molecular weight excluding hydrogens is 581 g/mol. The molecule has 0 saturated carbocycles. The first-order chi connectivity index (χ1) is 34.4. The fourth-order valence-corrected chi connectivity index (χ4v) is 6.52. The van der Waals surface area contributed by atoms with E-state index in [0.29, 0.717) is 0 Å². The molecule has 1 heteroatoms. The van der Waals surface area contributed by atoms with E-state index in [1.54, 1.807) is 0 Å². The number of para-hydroxylation sites is 1. The molecule has 0 radical (unpaired) electrons. The maximum Gasteiger partial charge on any atom is 0.135 e. The second kappa shape index (κ2) is 10.0. The van der Waals surface area contributed by atoms with Gasteiger partial charge in [-0.15, -0.1) is 0 Å². The van der Waals surface area contributed by atoms with Crippen molar-refractivity contribution in [2.24, 2.45) is 0 Å². The van der Waals surface area contributed by atoms with Gasteiger partial charge in [0.15, 0.2) is 0 Å². The molecule has 9 aromatic rings. The number of fused-ring (bicyclic) bond motifs is 8. The van der Waals surface area contributed by atoms with Crippen molar-refractivity contribution in [3.05, 3.63) is 168 Å². The van der Waals surface area contributed by atoms with E-state index in [9.17, 15) is 16.4 Å². The average molecular weight is 639 g/mol. The molecule has 0 spiro atoms. The van der Waals surface area contributed by atoms with E-state index in [1.165, 1.54) is 13.8 Å². The molecule has 1 nitrogen and oxygen atoms in total. The molecule has 1 aliphatic rings. The predicted molar refractivity (Wildman–Crippen MR) is 203 cm³/mol. The Morgan fingerprint density at radius 2 is 0.917 bits per heavy atom. The summed E-state index contributed by atoms with van der Waals surface area (Å²) in [7, 11) is 0. The third kappa shape index (κ3) is 3.79. The van der Waals surface area contributed by atoms with Gasteiger partial charge in [-0.3, -0.25) is 0 Å². The molecule has 48 heavy (non-hydrogen) atoms. The van der Waals surface area contributed by atoms with Crippen LogP contribution in [0, 0.1) is 0 Å². The molecule has 0 N–H and O–H groups in total. The van der Waals surface area contributed by atoms with Crippen LogP contribution in [-0.2, 0) is 5.41 Å². The third-order valence-corrected chi connectivity index (χ3v) is 8.70. The van der Waals surface area contributed by atoms with Crippen molar-refractivity contribution in [2.75, 3.05) is 0 Å². The molecule has 226 valence electrons. The highest BCUT2D eigenvalue weighted by Crippen LogP contribution is 2.54. The number of hydrogen-bond donors (Lipinski definition) is 0. The minimum Gasteiger partial charge on any atom is -0.456 e. The summed E-state index contributed by atoms with van der Waals surface area (Å²) >= 11 is 0. The Balaban J connectivity index is 1.45. The molecule has 0 fully saturated rings. The van der Waals surface area contributed by atoms with E-state index in [0.717, 1.165) is 0 Å². The Kier molecular flexibility index (Phi) is 2.50. The second-order valence-electron chi connectivity index (χ2n) is 11.6. The normalized spacial score (nSPS) is 21.0. The fraction of sp³-hybridized carbons (Fsp3) is 0.0638. The second-order valence-corrected chi connectivity index (χ2v) is 11.6. The molecule has 0 saturated heterocycles. The summed E-state index contributed by atoms with van der Waals surface area (Å²) in [4.78, 5) is 0. The van der Waals surface area contributed by atoms with Crippen molar-refractivity contribution in [2.45, 2.75) is 19.3 Å². The summed E-state index contributed by atoms with van der Waals surface area (Å²) in [5, 5.41) is -3.45.